The molecule has 0 aromatic carbocycles. The Hall–Kier alpha value is -1.09. The number of hydrogen-bond acceptors (Lipinski definition) is 3. The Morgan fingerprint density at radius 1 is 1.60 bits per heavy atom. The molecule has 0 aliphatic carbocycles. The Morgan fingerprint density at radius 3 is 2.80 bits per heavy atom. The van der Waals surface area contributed by atoms with E-state index in [9.17, 15) is 4.79 Å². The average molecular weight is 142 g/mol. The predicted molar refractivity (Wildman–Crippen MR) is 37.4 cm³/mol. The number of methoxy groups -OCH3 is 1. The summed E-state index contributed by atoms with van der Waals surface area (Å²) in [6.45, 7) is -0.0223. The highest BCUT2D eigenvalue weighted by Crippen LogP contribution is 1.79. The zero-order valence-electron chi connectivity index (χ0n) is 5.78. The standard InChI is InChI=1S/C7H10O3/c1-10-7(9)5-3-2-4-6-8/h2-5,8H,6H2,1H3/b4-2+,5-3-. The highest BCUT2D eigenvalue weighted by molar-refractivity contribution is 5.82. The molecule has 10 heavy (non-hydrogen) atoms. The molecule has 0 saturated carbocycles. The predicted octanol–water partition coefficient (Wildman–Crippen LogP) is 0.264. The normalized spacial score (nSPS) is 11.0. The fraction of sp³-hybridized carbons (Fsp3) is 0.286. The summed E-state index contributed by atoms with van der Waals surface area (Å²) in [7, 11) is 1.31. The van der Waals surface area contributed by atoms with E-state index >= 15 is 0 Å². The summed E-state index contributed by atoms with van der Waals surface area (Å²) in [5.41, 5.74) is 0. The van der Waals surface area contributed by atoms with Gasteiger partial charge in [-0.1, -0.05) is 18.2 Å². The molecule has 0 saturated heterocycles. The number of aliphatic hydroxyl groups is 1. The molecule has 3 nitrogen and oxygen atoms in total. The van der Waals surface area contributed by atoms with Gasteiger partial charge in [-0.25, -0.2) is 4.79 Å². The van der Waals surface area contributed by atoms with E-state index in [1.54, 1.807) is 6.08 Å². The molecule has 0 radical (unpaired) electrons. The molecule has 0 spiro atoms. The van der Waals surface area contributed by atoms with E-state index < -0.39 is 5.97 Å². The van der Waals surface area contributed by atoms with E-state index in [2.05, 4.69) is 4.74 Å². The van der Waals surface area contributed by atoms with Crippen molar-refractivity contribution in [3.63, 3.8) is 0 Å². The maximum Gasteiger partial charge on any atom is 0.330 e. The van der Waals surface area contributed by atoms with Gasteiger partial charge < -0.3 is 9.84 Å². The lowest BCUT2D eigenvalue weighted by molar-refractivity contribution is -0.134. The number of allylic oxidation sites excluding steroid dienone is 2. The Kier molecular flexibility index (Phi) is 5.38. The van der Waals surface area contributed by atoms with Crippen molar-refractivity contribution < 1.29 is 14.6 Å². The summed E-state index contributed by atoms with van der Waals surface area (Å²) in [6.07, 6.45) is 5.85. The molecular weight excluding hydrogens is 132 g/mol. The molecule has 0 aliphatic heterocycles. The number of hydrogen-bond donors (Lipinski definition) is 1. The molecule has 0 aliphatic rings. The van der Waals surface area contributed by atoms with Gasteiger partial charge in [-0.05, 0) is 0 Å². The fourth-order valence-electron chi connectivity index (χ4n) is 0.342. The van der Waals surface area contributed by atoms with E-state index in [0.29, 0.717) is 0 Å². The first-order valence-corrected chi connectivity index (χ1v) is 2.83. The molecule has 0 aromatic heterocycles. The smallest absolute Gasteiger partial charge is 0.330 e. The monoisotopic (exact) mass is 142 g/mol. The number of rotatable bonds is 3. The van der Waals surface area contributed by atoms with Crippen molar-refractivity contribution in [2.75, 3.05) is 13.7 Å². The van der Waals surface area contributed by atoms with Gasteiger partial charge in [0, 0.05) is 6.08 Å². The summed E-state index contributed by atoms with van der Waals surface area (Å²) >= 11 is 0. The highest BCUT2D eigenvalue weighted by atomic mass is 16.5. The Labute approximate surface area is 59.6 Å². The summed E-state index contributed by atoms with van der Waals surface area (Å²) in [5, 5.41) is 8.25. The van der Waals surface area contributed by atoms with Crippen molar-refractivity contribution in [1.82, 2.24) is 0 Å². The van der Waals surface area contributed by atoms with Crippen LogP contribution in [0.25, 0.3) is 0 Å². The zero-order chi connectivity index (χ0) is 7.82. The summed E-state index contributed by atoms with van der Waals surface area (Å²) < 4.78 is 4.31. The molecule has 0 atom stereocenters. The first-order chi connectivity index (χ1) is 4.81. The van der Waals surface area contributed by atoms with Crippen LogP contribution in [0.5, 0.6) is 0 Å². The molecule has 1 N–H and O–H groups in total. The molecule has 0 fully saturated rings. The van der Waals surface area contributed by atoms with E-state index in [0.717, 1.165) is 0 Å². The number of esters is 1. The lowest BCUT2D eigenvalue weighted by Gasteiger charge is -1.85. The van der Waals surface area contributed by atoms with Crippen LogP contribution in [0.4, 0.5) is 0 Å². The van der Waals surface area contributed by atoms with Crippen molar-refractivity contribution in [3.8, 4) is 0 Å². The third-order valence-electron chi connectivity index (χ3n) is 0.786. The second-order valence-corrected chi connectivity index (χ2v) is 1.49. The topological polar surface area (TPSA) is 46.5 Å². The van der Waals surface area contributed by atoms with E-state index in [4.69, 9.17) is 5.11 Å². The minimum absolute atomic E-state index is 0.0223. The van der Waals surface area contributed by atoms with Gasteiger partial charge in [-0.2, -0.15) is 0 Å². The van der Waals surface area contributed by atoms with Crippen LogP contribution in [0.3, 0.4) is 0 Å². The highest BCUT2D eigenvalue weighted by Gasteiger charge is 1.85. The summed E-state index contributed by atoms with van der Waals surface area (Å²) in [5.74, 6) is -0.400. The van der Waals surface area contributed by atoms with Crippen LogP contribution >= 0.6 is 0 Å². The molecule has 56 valence electrons. The minimum Gasteiger partial charge on any atom is -0.466 e. The lowest BCUT2D eigenvalue weighted by Crippen LogP contribution is -1.92. The number of carbonyl (C=O) groups excluding carboxylic acids is 1. The Balaban J connectivity index is 3.55. The molecule has 3 heteroatoms. The van der Waals surface area contributed by atoms with E-state index in [1.165, 1.54) is 25.3 Å². The van der Waals surface area contributed by atoms with Crippen LogP contribution in [0.1, 0.15) is 0 Å². The van der Waals surface area contributed by atoms with Crippen molar-refractivity contribution >= 4 is 5.97 Å². The Morgan fingerprint density at radius 2 is 2.30 bits per heavy atom. The fourth-order valence-corrected chi connectivity index (χ4v) is 0.342. The zero-order valence-corrected chi connectivity index (χ0v) is 5.78. The van der Waals surface area contributed by atoms with Gasteiger partial charge in [-0.15, -0.1) is 0 Å². The summed E-state index contributed by atoms with van der Waals surface area (Å²) in [4.78, 5) is 10.4. The molecule has 0 heterocycles. The van der Waals surface area contributed by atoms with Crippen molar-refractivity contribution in [2.24, 2.45) is 0 Å². The van der Waals surface area contributed by atoms with Gasteiger partial charge in [0.25, 0.3) is 0 Å². The third kappa shape index (κ3) is 5.05. The van der Waals surface area contributed by atoms with Gasteiger partial charge in [0.05, 0.1) is 13.7 Å². The molecule has 0 rings (SSSR count). The van der Waals surface area contributed by atoms with Crippen LogP contribution < -0.4 is 0 Å². The van der Waals surface area contributed by atoms with Crippen LogP contribution in [0.15, 0.2) is 24.3 Å². The number of aliphatic hydroxyl groups excluding tert-OH is 1. The first-order valence-electron chi connectivity index (χ1n) is 2.83. The van der Waals surface area contributed by atoms with E-state index in [1.807, 2.05) is 0 Å². The van der Waals surface area contributed by atoms with Crippen LogP contribution in [-0.2, 0) is 9.53 Å². The molecular formula is C7H10O3. The second-order valence-electron chi connectivity index (χ2n) is 1.49. The van der Waals surface area contributed by atoms with Crippen LogP contribution in [0, 0.1) is 0 Å². The quantitative estimate of drug-likeness (QED) is 0.349. The first kappa shape index (κ1) is 8.91. The summed E-state index contributed by atoms with van der Waals surface area (Å²) in [6, 6.07) is 0. The maximum absolute atomic E-state index is 10.4. The largest absolute Gasteiger partial charge is 0.466 e. The average Bonchev–Trinajstić information content (AvgIpc) is 1.98. The minimum atomic E-state index is -0.400. The van der Waals surface area contributed by atoms with Gasteiger partial charge >= 0.3 is 5.97 Å². The SMILES string of the molecule is COC(=O)/C=C\C=C\CO. The molecule has 0 unspecified atom stereocenters. The van der Waals surface area contributed by atoms with Gasteiger partial charge in [0.2, 0.25) is 0 Å². The van der Waals surface area contributed by atoms with Gasteiger partial charge in [0.1, 0.15) is 0 Å². The van der Waals surface area contributed by atoms with Crippen LogP contribution in [0.2, 0.25) is 0 Å². The Bertz CT molecular complexity index is 147. The van der Waals surface area contributed by atoms with E-state index in [-0.39, 0.29) is 6.61 Å². The number of carbonyl (C=O) groups is 1. The van der Waals surface area contributed by atoms with Crippen molar-refractivity contribution in [2.45, 2.75) is 0 Å². The van der Waals surface area contributed by atoms with Crippen LogP contribution in [-0.4, -0.2) is 24.8 Å². The maximum atomic E-state index is 10.4. The van der Waals surface area contributed by atoms with Crippen molar-refractivity contribution in [3.05, 3.63) is 24.3 Å². The van der Waals surface area contributed by atoms with Gasteiger partial charge in [0.15, 0.2) is 0 Å². The second kappa shape index (κ2) is 6.04. The molecule has 0 aromatic rings. The molecule has 0 bridgehead atoms. The van der Waals surface area contributed by atoms with Crippen molar-refractivity contribution in [1.29, 1.82) is 0 Å². The molecule has 0 amide bonds. The third-order valence-corrected chi connectivity index (χ3v) is 0.786. The van der Waals surface area contributed by atoms with Gasteiger partial charge in [-0.3, -0.25) is 0 Å². The lowest BCUT2D eigenvalue weighted by atomic mass is 10.4. The number of ether oxygens (including phenoxy) is 1.